The lowest BCUT2D eigenvalue weighted by Crippen LogP contribution is -2.32. The van der Waals surface area contributed by atoms with Gasteiger partial charge in [0.25, 0.3) is 0 Å². The van der Waals surface area contributed by atoms with E-state index in [-0.39, 0.29) is 0 Å². The highest BCUT2D eigenvalue weighted by atomic mass is 16.5. The van der Waals surface area contributed by atoms with Crippen LogP contribution in [0.2, 0.25) is 0 Å². The summed E-state index contributed by atoms with van der Waals surface area (Å²) in [5.74, 6) is 0.798. The molecule has 0 radical (unpaired) electrons. The number of nitrogens with one attached hydrogen (secondary N) is 1. The predicted molar refractivity (Wildman–Crippen MR) is 86.3 cm³/mol. The average Bonchev–Trinajstić information content (AvgIpc) is 2.39. The van der Waals surface area contributed by atoms with Crippen LogP contribution in [0.3, 0.4) is 0 Å². The minimum absolute atomic E-state index is 0.432. The second-order valence-electron chi connectivity index (χ2n) is 6.67. The maximum Gasteiger partial charge on any atom is 0.144 e. The van der Waals surface area contributed by atoms with Gasteiger partial charge in [0.1, 0.15) is 5.75 Å². The van der Waals surface area contributed by atoms with Crippen LogP contribution >= 0.6 is 0 Å². The van der Waals surface area contributed by atoms with Crippen molar-refractivity contribution in [2.75, 3.05) is 17.7 Å². The van der Waals surface area contributed by atoms with Crippen LogP contribution in [0.25, 0.3) is 0 Å². The molecule has 1 aliphatic carbocycles. The Morgan fingerprint density at radius 2 is 2.20 bits per heavy atom. The van der Waals surface area contributed by atoms with E-state index in [2.05, 4.69) is 32.2 Å². The molecule has 0 aromatic heterocycles. The number of hydrogen-bond donors (Lipinski definition) is 2. The van der Waals surface area contributed by atoms with Crippen LogP contribution in [0.5, 0.6) is 5.75 Å². The third kappa shape index (κ3) is 3.81. The fourth-order valence-electron chi connectivity index (χ4n) is 3.05. The zero-order valence-corrected chi connectivity index (χ0v) is 13.0. The van der Waals surface area contributed by atoms with Crippen molar-refractivity contribution < 1.29 is 4.74 Å². The SMILES string of the molecule is CCCOc1cccc(NC2CCCC(C)(C)C2)c1N. The summed E-state index contributed by atoms with van der Waals surface area (Å²) >= 11 is 0. The van der Waals surface area contributed by atoms with Gasteiger partial charge in [-0.1, -0.05) is 33.3 Å². The normalized spacial score (nSPS) is 21.4. The van der Waals surface area contributed by atoms with Crippen molar-refractivity contribution in [2.24, 2.45) is 5.41 Å². The lowest BCUT2D eigenvalue weighted by atomic mass is 9.75. The molecular formula is C17H28N2O. The van der Waals surface area contributed by atoms with Crippen molar-refractivity contribution in [1.29, 1.82) is 0 Å². The predicted octanol–water partition coefficient (Wildman–Crippen LogP) is 4.44. The van der Waals surface area contributed by atoms with Gasteiger partial charge in [-0.2, -0.15) is 0 Å². The van der Waals surface area contributed by atoms with Gasteiger partial charge in [-0.15, -0.1) is 0 Å². The van der Waals surface area contributed by atoms with E-state index in [0.717, 1.165) is 23.5 Å². The highest BCUT2D eigenvalue weighted by molar-refractivity contribution is 5.73. The molecule has 0 heterocycles. The van der Waals surface area contributed by atoms with Gasteiger partial charge in [0.15, 0.2) is 0 Å². The molecule has 1 aliphatic rings. The number of hydrogen-bond acceptors (Lipinski definition) is 3. The molecule has 20 heavy (non-hydrogen) atoms. The van der Waals surface area contributed by atoms with E-state index in [1.54, 1.807) is 0 Å². The lowest BCUT2D eigenvalue weighted by Gasteiger charge is -2.36. The first-order valence-corrected chi connectivity index (χ1v) is 7.79. The van der Waals surface area contributed by atoms with E-state index in [9.17, 15) is 0 Å². The molecule has 0 aliphatic heterocycles. The fraction of sp³-hybridized carbons (Fsp3) is 0.647. The van der Waals surface area contributed by atoms with E-state index >= 15 is 0 Å². The Morgan fingerprint density at radius 1 is 1.40 bits per heavy atom. The van der Waals surface area contributed by atoms with Crippen molar-refractivity contribution in [2.45, 2.75) is 58.9 Å². The van der Waals surface area contributed by atoms with E-state index in [4.69, 9.17) is 10.5 Å². The summed E-state index contributed by atoms with van der Waals surface area (Å²) in [5, 5.41) is 3.62. The first-order valence-electron chi connectivity index (χ1n) is 7.79. The van der Waals surface area contributed by atoms with Crippen LogP contribution in [0.1, 0.15) is 52.9 Å². The second kappa shape index (κ2) is 6.38. The Labute approximate surface area is 122 Å². The molecule has 0 bridgehead atoms. The summed E-state index contributed by atoms with van der Waals surface area (Å²) < 4.78 is 5.69. The van der Waals surface area contributed by atoms with Gasteiger partial charge in [0, 0.05) is 6.04 Å². The molecule has 1 saturated carbocycles. The largest absolute Gasteiger partial charge is 0.491 e. The summed E-state index contributed by atoms with van der Waals surface area (Å²) in [6.07, 6.45) is 6.03. The van der Waals surface area contributed by atoms with Gasteiger partial charge in [-0.05, 0) is 43.2 Å². The number of ether oxygens (including phenoxy) is 1. The molecule has 3 N–H and O–H groups in total. The van der Waals surface area contributed by atoms with Crippen molar-refractivity contribution in [3.8, 4) is 5.75 Å². The maximum atomic E-state index is 6.22. The minimum Gasteiger partial charge on any atom is -0.491 e. The third-order valence-corrected chi connectivity index (χ3v) is 4.09. The van der Waals surface area contributed by atoms with Crippen molar-refractivity contribution in [3.63, 3.8) is 0 Å². The van der Waals surface area contributed by atoms with Crippen molar-refractivity contribution >= 4 is 11.4 Å². The smallest absolute Gasteiger partial charge is 0.144 e. The molecule has 1 unspecified atom stereocenters. The number of para-hydroxylation sites is 1. The van der Waals surface area contributed by atoms with E-state index in [0.29, 0.717) is 18.1 Å². The molecule has 1 fully saturated rings. The monoisotopic (exact) mass is 276 g/mol. The zero-order valence-electron chi connectivity index (χ0n) is 13.0. The molecule has 0 amide bonds. The summed E-state index contributed by atoms with van der Waals surface area (Å²) in [7, 11) is 0. The van der Waals surface area contributed by atoms with E-state index < -0.39 is 0 Å². The quantitative estimate of drug-likeness (QED) is 0.782. The Balaban J connectivity index is 2.05. The molecule has 3 heteroatoms. The molecule has 2 rings (SSSR count). The van der Waals surface area contributed by atoms with Crippen molar-refractivity contribution in [3.05, 3.63) is 18.2 Å². The number of rotatable bonds is 5. The molecule has 1 atom stereocenters. The van der Waals surface area contributed by atoms with Gasteiger partial charge in [-0.3, -0.25) is 0 Å². The van der Waals surface area contributed by atoms with Gasteiger partial charge >= 0.3 is 0 Å². The van der Waals surface area contributed by atoms with Crippen LogP contribution in [0.15, 0.2) is 18.2 Å². The zero-order chi connectivity index (χ0) is 14.6. The van der Waals surface area contributed by atoms with Crippen molar-refractivity contribution in [1.82, 2.24) is 0 Å². The molecular weight excluding hydrogens is 248 g/mol. The van der Waals surface area contributed by atoms with Crippen LogP contribution in [-0.4, -0.2) is 12.6 Å². The molecule has 112 valence electrons. The van der Waals surface area contributed by atoms with E-state index in [1.165, 1.54) is 25.7 Å². The first kappa shape index (κ1) is 15.0. The van der Waals surface area contributed by atoms with Crippen LogP contribution < -0.4 is 15.8 Å². The Morgan fingerprint density at radius 3 is 2.90 bits per heavy atom. The second-order valence-corrected chi connectivity index (χ2v) is 6.67. The Bertz CT molecular complexity index is 443. The third-order valence-electron chi connectivity index (χ3n) is 4.09. The standard InChI is InChI=1S/C17H28N2O/c1-4-11-20-15-9-5-8-14(16(15)18)19-13-7-6-10-17(2,3)12-13/h5,8-9,13,19H,4,6-7,10-12,18H2,1-3H3. The summed E-state index contributed by atoms with van der Waals surface area (Å²) in [6.45, 7) is 7.52. The highest BCUT2D eigenvalue weighted by Crippen LogP contribution is 2.38. The first-order chi connectivity index (χ1) is 9.52. The topological polar surface area (TPSA) is 47.3 Å². The number of benzene rings is 1. The maximum absolute atomic E-state index is 6.22. The number of nitrogen functional groups attached to an aromatic ring is 1. The van der Waals surface area contributed by atoms with Gasteiger partial charge in [0.2, 0.25) is 0 Å². The van der Waals surface area contributed by atoms with Crippen LogP contribution in [0.4, 0.5) is 11.4 Å². The molecule has 3 nitrogen and oxygen atoms in total. The Hall–Kier alpha value is -1.38. The van der Waals surface area contributed by atoms with Crippen LogP contribution in [-0.2, 0) is 0 Å². The Kier molecular flexibility index (Phi) is 4.79. The lowest BCUT2D eigenvalue weighted by molar-refractivity contribution is 0.229. The number of anilines is 2. The number of nitrogens with two attached hydrogens (primary N) is 1. The van der Waals surface area contributed by atoms with Gasteiger partial charge in [0.05, 0.1) is 18.0 Å². The fourth-order valence-corrected chi connectivity index (χ4v) is 3.05. The summed E-state index contributed by atoms with van der Waals surface area (Å²) in [5.41, 5.74) is 8.41. The highest BCUT2D eigenvalue weighted by Gasteiger charge is 2.28. The average molecular weight is 276 g/mol. The van der Waals surface area contributed by atoms with E-state index in [1.807, 2.05) is 12.1 Å². The molecule has 0 saturated heterocycles. The van der Waals surface area contributed by atoms with Gasteiger partial charge in [-0.25, -0.2) is 0 Å². The molecule has 1 aromatic rings. The minimum atomic E-state index is 0.432. The summed E-state index contributed by atoms with van der Waals surface area (Å²) in [4.78, 5) is 0. The van der Waals surface area contributed by atoms with Crippen LogP contribution in [0, 0.1) is 5.41 Å². The van der Waals surface area contributed by atoms with Gasteiger partial charge < -0.3 is 15.8 Å². The summed E-state index contributed by atoms with van der Waals surface area (Å²) in [6, 6.07) is 6.52. The molecule has 1 aromatic carbocycles. The molecule has 0 spiro atoms.